The standard InChI is InChI=1S/C14H25N3O3S/c1-4-15-10-14-9-13(12(2)20-14)11-16-5-7-17(8-6-16)21(3,18)19/h9,15H,4-8,10-11H2,1-3H3. The zero-order valence-electron chi connectivity index (χ0n) is 13.1. The minimum absolute atomic E-state index is 0.569. The summed E-state index contributed by atoms with van der Waals surface area (Å²) in [7, 11) is -3.06. The van der Waals surface area contributed by atoms with Gasteiger partial charge in [-0.05, 0) is 19.5 Å². The van der Waals surface area contributed by atoms with E-state index in [1.54, 1.807) is 4.31 Å². The van der Waals surface area contributed by atoms with Gasteiger partial charge < -0.3 is 9.73 Å². The fourth-order valence-corrected chi connectivity index (χ4v) is 3.37. The van der Waals surface area contributed by atoms with Crippen LogP contribution in [0.5, 0.6) is 0 Å². The number of hydrogen-bond donors (Lipinski definition) is 1. The van der Waals surface area contributed by atoms with E-state index in [1.807, 2.05) is 6.92 Å². The van der Waals surface area contributed by atoms with E-state index in [9.17, 15) is 8.42 Å². The topological polar surface area (TPSA) is 65.8 Å². The van der Waals surface area contributed by atoms with Crippen LogP contribution < -0.4 is 5.32 Å². The van der Waals surface area contributed by atoms with E-state index < -0.39 is 10.0 Å². The van der Waals surface area contributed by atoms with Crippen LogP contribution in [0.4, 0.5) is 0 Å². The van der Waals surface area contributed by atoms with Crippen molar-refractivity contribution in [1.29, 1.82) is 0 Å². The van der Waals surface area contributed by atoms with Crippen molar-refractivity contribution in [3.63, 3.8) is 0 Å². The van der Waals surface area contributed by atoms with Gasteiger partial charge in [0, 0.05) is 38.3 Å². The Morgan fingerprint density at radius 1 is 1.29 bits per heavy atom. The monoisotopic (exact) mass is 315 g/mol. The van der Waals surface area contributed by atoms with Gasteiger partial charge in [-0.3, -0.25) is 4.90 Å². The van der Waals surface area contributed by atoms with Gasteiger partial charge in [-0.1, -0.05) is 6.92 Å². The van der Waals surface area contributed by atoms with Crippen LogP contribution in [-0.2, 0) is 23.1 Å². The minimum Gasteiger partial charge on any atom is -0.465 e. The zero-order valence-corrected chi connectivity index (χ0v) is 13.9. The third-order valence-corrected chi connectivity index (χ3v) is 5.12. The molecule has 0 bridgehead atoms. The zero-order chi connectivity index (χ0) is 15.5. The number of hydrogen-bond acceptors (Lipinski definition) is 5. The van der Waals surface area contributed by atoms with Crippen LogP contribution in [-0.4, -0.2) is 56.6 Å². The Morgan fingerprint density at radius 3 is 2.52 bits per heavy atom. The summed E-state index contributed by atoms with van der Waals surface area (Å²) >= 11 is 0. The molecule has 0 saturated carbocycles. The highest BCUT2D eigenvalue weighted by molar-refractivity contribution is 7.88. The molecule has 1 aromatic heterocycles. The maximum atomic E-state index is 11.5. The molecule has 0 atom stereocenters. The highest BCUT2D eigenvalue weighted by atomic mass is 32.2. The smallest absolute Gasteiger partial charge is 0.211 e. The highest BCUT2D eigenvalue weighted by Gasteiger charge is 2.24. The summed E-state index contributed by atoms with van der Waals surface area (Å²) < 4.78 is 30.3. The summed E-state index contributed by atoms with van der Waals surface area (Å²) in [5.41, 5.74) is 1.19. The van der Waals surface area contributed by atoms with Crippen molar-refractivity contribution >= 4 is 10.0 Å². The lowest BCUT2D eigenvalue weighted by Crippen LogP contribution is -2.47. The van der Waals surface area contributed by atoms with Gasteiger partial charge in [-0.15, -0.1) is 0 Å². The molecule has 1 fully saturated rings. The Labute approximate surface area is 127 Å². The molecule has 0 aromatic carbocycles. The fraction of sp³-hybridized carbons (Fsp3) is 0.714. The molecule has 1 aliphatic rings. The first kappa shape index (κ1) is 16.5. The summed E-state index contributed by atoms with van der Waals surface area (Å²) in [6.45, 7) is 9.21. The van der Waals surface area contributed by atoms with Crippen molar-refractivity contribution in [1.82, 2.24) is 14.5 Å². The Balaban J connectivity index is 1.90. The van der Waals surface area contributed by atoms with E-state index in [0.717, 1.165) is 44.2 Å². The summed E-state index contributed by atoms with van der Waals surface area (Å²) in [5.74, 6) is 1.91. The Kier molecular flexibility index (Phi) is 5.43. The summed E-state index contributed by atoms with van der Waals surface area (Å²) in [6, 6.07) is 2.10. The van der Waals surface area contributed by atoms with E-state index >= 15 is 0 Å². The second-order valence-corrected chi connectivity index (χ2v) is 7.50. The van der Waals surface area contributed by atoms with E-state index in [1.165, 1.54) is 11.8 Å². The van der Waals surface area contributed by atoms with Gasteiger partial charge in [-0.2, -0.15) is 4.31 Å². The van der Waals surface area contributed by atoms with Crippen molar-refractivity contribution in [3.05, 3.63) is 23.2 Å². The van der Waals surface area contributed by atoms with E-state index in [2.05, 4.69) is 23.2 Å². The van der Waals surface area contributed by atoms with Crippen molar-refractivity contribution in [2.75, 3.05) is 39.0 Å². The molecule has 0 radical (unpaired) electrons. The molecule has 2 rings (SSSR count). The normalized spacial score (nSPS) is 18.2. The third kappa shape index (κ3) is 4.54. The molecular weight excluding hydrogens is 290 g/mol. The average Bonchev–Trinajstić information content (AvgIpc) is 2.76. The van der Waals surface area contributed by atoms with Gasteiger partial charge in [0.2, 0.25) is 10.0 Å². The SMILES string of the molecule is CCNCc1cc(CN2CCN(S(C)(=O)=O)CC2)c(C)o1. The third-order valence-electron chi connectivity index (χ3n) is 3.82. The number of rotatable bonds is 6. The van der Waals surface area contributed by atoms with Crippen LogP contribution >= 0.6 is 0 Å². The second-order valence-electron chi connectivity index (χ2n) is 5.51. The number of aryl methyl sites for hydroxylation is 1. The molecular formula is C14H25N3O3S. The summed E-state index contributed by atoms with van der Waals surface area (Å²) in [6.07, 6.45) is 1.27. The summed E-state index contributed by atoms with van der Waals surface area (Å²) in [5, 5.41) is 3.25. The average molecular weight is 315 g/mol. The Morgan fingerprint density at radius 2 is 1.95 bits per heavy atom. The quantitative estimate of drug-likeness (QED) is 0.840. The molecule has 1 saturated heterocycles. The Bertz CT molecular complexity index is 560. The molecule has 1 aromatic rings. The number of piperazine rings is 1. The predicted octanol–water partition coefficient (Wildman–Crippen LogP) is 0.775. The van der Waals surface area contributed by atoms with Crippen LogP contribution in [0, 0.1) is 6.92 Å². The fourth-order valence-electron chi connectivity index (χ4n) is 2.54. The predicted molar refractivity (Wildman–Crippen MR) is 82.5 cm³/mol. The van der Waals surface area contributed by atoms with Crippen LogP contribution in [0.1, 0.15) is 24.0 Å². The first-order chi connectivity index (χ1) is 9.90. The van der Waals surface area contributed by atoms with Crippen molar-refractivity contribution in [2.45, 2.75) is 26.9 Å². The first-order valence-corrected chi connectivity index (χ1v) is 9.21. The maximum Gasteiger partial charge on any atom is 0.211 e. The van der Waals surface area contributed by atoms with Gasteiger partial charge in [0.25, 0.3) is 0 Å². The molecule has 0 amide bonds. The molecule has 120 valence electrons. The van der Waals surface area contributed by atoms with Gasteiger partial charge in [0.05, 0.1) is 12.8 Å². The van der Waals surface area contributed by atoms with Gasteiger partial charge in [-0.25, -0.2) is 8.42 Å². The molecule has 7 heteroatoms. The van der Waals surface area contributed by atoms with E-state index in [0.29, 0.717) is 13.1 Å². The van der Waals surface area contributed by atoms with Crippen LogP contribution in [0.15, 0.2) is 10.5 Å². The maximum absolute atomic E-state index is 11.5. The largest absolute Gasteiger partial charge is 0.465 e. The van der Waals surface area contributed by atoms with Gasteiger partial charge in [0.15, 0.2) is 0 Å². The first-order valence-electron chi connectivity index (χ1n) is 7.36. The number of nitrogens with zero attached hydrogens (tertiary/aromatic N) is 2. The number of sulfonamides is 1. The van der Waals surface area contributed by atoms with Crippen molar-refractivity contribution in [2.24, 2.45) is 0 Å². The van der Waals surface area contributed by atoms with Crippen molar-refractivity contribution < 1.29 is 12.8 Å². The van der Waals surface area contributed by atoms with Gasteiger partial charge in [0.1, 0.15) is 11.5 Å². The Hall–Kier alpha value is -0.890. The minimum atomic E-state index is -3.06. The molecule has 1 N–H and O–H groups in total. The molecule has 2 heterocycles. The molecule has 0 spiro atoms. The molecule has 0 aliphatic carbocycles. The lowest BCUT2D eigenvalue weighted by atomic mass is 10.2. The molecule has 21 heavy (non-hydrogen) atoms. The number of furan rings is 1. The van der Waals surface area contributed by atoms with Crippen LogP contribution in [0.2, 0.25) is 0 Å². The summed E-state index contributed by atoms with van der Waals surface area (Å²) in [4.78, 5) is 2.27. The lowest BCUT2D eigenvalue weighted by molar-refractivity contribution is 0.181. The van der Waals surface area contributed by atoms with Crippen LogP contribution in [0.25, 0.3) is 0 Å². The molecule has 1 aliphatic heterocycles. The lowest BCUT2D eigenvalue weighted by Gasteiger charge is -2.33. The molecule has 0 unspecified atom stereocenters. The van der Waals surface area contributed by atoms with Crippen LogP contribution in [0.3, 0.4) is 0 Å². The number of nitrogens with one attached hydrogen (secondary N) is 1. The molecule has 6 nitrogen and oxygen atoms in total. The van der Waals surface area contributed by atoms with Crippen molar-refractivity contribution in [3.8, 4) is 0 Å². The highest BCUT2D eigenvalue weighted by Crippen LogP contribution is 2.18. The van der Waals surface area contributed by atoms with E-state index in [4.69, 9.17) is 4.42 Å². The van der Waals surface area contributed by atoms with E-state index in [-0.39, 0.29) is 0 Å². The second kappa shape index (κ2) is 6.91. The van der Waals surface area contributed by atoms with Gasteiger partial charge >= 0.3 is 0 Å².